The molecule has 0 radical (unpaired) electrons. The molecule has 0 amide bonds. The number of piperazine rings is 1. The molecule has 1 saturated heterocycles. The van der Waals surface area contributed by atoms with Gasteiger partial charge in [-0.15, -0.1) is 0 Å². The first-order chi connectivity index (χ1) is 13.9. The standard InChI is InChI=1S/C21H28N4O3S/c1-14-10-19(20(28-5)22-15(14)2)23-21(29)25-8-6-24(7-9-25)16-11-17(26-3)13-18(12-16)27-4/h10-13H,6-9H2,1-5H3,(H,23,29). The van der Waals surface area contributed by atoms with Gasteiger partial charge in [-0.25, -0.2) is 4.98 Å². The van der Waals surface area contributed by atoms with Gasteiger partial charge in [-0.05, 0) is 37.7 Å². The average Bonchev–Trinajstić information content (AvgIpc) is 2.75. The quantitative estimate of drug-likeness (QED) is 0.746. The first-order valence-corrected chi connectivity index (χ1v) is 9.92. The first kappa shape index (κ1) is 21.0. The number of rotatable bonds is 5. The molecular formula is C21H28N4O3S. The molecule has 3 rings (SSSR count). The molecule has 2 aromatic rings. The van der Waals surface area contributed by atoms with Crippen molar-refractivity contribution < 1.29 is 14.2 Å². The number of anilines is 2. The molecule has 2 heterocycles. The zero-order valence-electron chi connectivity index (χ0n) is 17.6. The van der Waals surface area contributed by atoms with E-state index in [1.807, 2.05) is 38.1 Å². The Kier molecular flexibility index (Phi) is 6.64. The number of aromatic nitrogens is 1. The third kappa shape index (κ3) is 4.82. The smallest absolute Gasteiger partial charge is 0.237 e. The molecule has 0 saturated carbocycles. The highest BCUT2D eigenvalue weighted by atomic mass is 32.1. The predicted octanol–water partition coefficient (Wildman–Crippen LogP) is 3.24. The van der Waals surface area contributed by atoms with Crippen LogP contribution in [0.15, 0.2) is 24.3 Å². The maximum absolute atomic E-state index is 5.65. The third-order valence-electron chi connectivity index (χ3n) is 5.13. The van der Waals surface area contributed by atoms with Crippen molar-refractivity contribution in [3.05, 3.63) is 35.5 Å². The van der Waals surface area contributed by atoms with E-state index >= 15 is 0 Å². The number of nitrogens with zero attached hydrogens (tertiary/aromatic N) is 3. The van der Waals surface area contributed by atoms with Crippen LogP contribution in [-0.2, 0) is 0 Å². The predicted molar refractivity (Wildman–Crippen MR) is 120 cm³/mol. The largest absolute Gasteiger partial charge is 0.497 e. The van der Waals surface area contributed by atoms with Crippen LogP contribution in [0, 0.1) is 13.8 Å². The van der Waals surface area contributed by atoms with Crippen LogP contribution < -0.4 is 24.4 Å². The average molecular weight is 417 g/mol. The zero-order chi connectivity index (χ0) is 21.0. The molecule has 29 heavy (non-hydrogen) atoms. The van der Waals surface area contributed by atoms with E-state index in [9.17, 15) is 0 Å². The summed E-state index contributed by atoms with van der Waals surface area (Å²) in [5, 5.41) is 3.98. The minimum absolute atomic E-state index is 0.553. The summed E-state index contributed by atoms with van der Waals surface area (Å²) in [6, 6.07) is 7.96. The summed E-state index contributed by atoms with van der Waals surface area (Å²) in [5.74, 6) is 2.12. The van der Waals surface area contributed by atoms with Crippen molar-refractivity contribution in [1.29, 1.82) is 0 Å². The van der Waals surface area contributed by atoms with Crippen LogP contribution in [0.4, 0.5) is 11.4 Å². The van der Waals surface area contributed by atoms with E-state index in [-0.39, 0.29) is 0 Å². The Hall–Kier alpha value is -2.74. The summed E-state index contributed by atoms with van der Waals surface area (Å²) in [7, 11) is 4.94. The van der Waals surface area contributed by atoms with Crippen molar-refractivity contribution in [2.45, 2.75) is 13.8 Å². The Morgan fingerprint density at radius 3 is 2.10 bits per heavy atom. The molecule has 1 N–H and O–H groups in total. The summed E-state index contributed by atoms with van der Waals surface area (Å²) >= 11 is 5.65. The highest BCUT2D eigenvalue weighted by molar-refractivity contribution is 7.80. The fourth-order valence-corrected chi connectivity index (χ4v) is 3.56. The molecule has 0 unspecified atom stereocenters. The van der Waals surface area contributed by atoms with Crippen molar-refractivity contribution in [1.82, 2.24) is 9.88 Å². The van der Waals surface area contributed by atoms with Crippen molar-refractivity contribution >= 4 is 28.7 Å². The topological polar surface area (TPSA) is 59.1 Å². The number of pyridine rings is 1. The maximum atomic E-state index is 5.65. The molecule has 1 fully saturated rings. The van der Waals surface area contributed by atoms with Crippen molar-refractivity contribution in [3.63, 3.8) is 0 Å². The van der Waals surface area contributed by atoms with E-state index in [2.05, 4.69) is 20.1 Å². The lowest BCUT2D eigenvalue weighted by Crippen LogP contribution is -2.50. The summed E-state index contributed by atoms with van der Waals surface area (Å²) < 4.78 is 16.2. The van der Waals surface area contributed by atoms with Gasteiger partial charge in [0.2, 0.25) is 5.88 Å². The van der Waals surface area contributed by atoms with E-state index in [1.165, 1.54) is 0 Å². The van der Waals surface area contributed by atoms with E-state index in [1.54, 1.807) is 21.3 Å². The second-order valence-corrected chi connectivity index (χ2v) is 7.31. The number of hydrogen-bond donors (Lipinski definition) is 1. The Morgan fingerprint density at radius 1 is 0.931 bits per heavy atom. The Balaban J connectivity index is 1.65. The Morgan fingerprint density at radius 2 is 1.55 bits per heavy atom. The van der Waals surface area contributed by atoms with Crippen molar-refractivity contribution in [2.24, 2.45) is 0 Å². The monoisotopic (exact) mass is 416 g/mol. The van der Waals surface area contributed by atoms with Gasteiger partial charge in [0.25, 0.3) is 0 Å². The van der Waals surface area contributed by atoms with Gasteiger partial charge in [-0.1, -0.05) is 0 Å². The van der Waals surface area contributed by atoms with Gasteiger partial charge in [-0.3, -0.25) is 0 Å². The number of nitrogens with one attached hydrogen (secondary N) is 1. The number of ether oxygens (including phenoxy) is 3. The molecular weight excluding hydrogens is 388 g/mol. The molecule has 1 aromatic heterocycles. The van der Waals surface area contributed by atoms with Crippen LogP contribution in [0.3, 0.4) is 0 Å². The van der Waals surface area contributed by atoms with E-state index < -0.39 is 0 Å². The van der Waals surface area contributed by atoms with Gasteiger partial charge in [0.05, 0.1) is 21.3 Å². The molecule has 0 aliphatic carbocycles. The number of methoxy groups -OCH3 is 3. The van der Waals surface area contributed by atoms with Gasteiger partial charge in [-0.2, -0.15) is 0 Å². The highest BCUT2D eigenvalue weighted by Crippen LogP contribution is 2.29. The van der Waals surface area contributed by atoms with Crippen molar-refractivity contribution in [2.75, 3.05) is 57.7 Å². The van der Waals surface area contributed by atoms with Crippen LogP contribution >= 0.6 is 12.2 Å². The van der Waals surface area contributed by atoms with Gasteiger partial charge in [0, 0.05) is 55.8 Å². The third-order valence-corrected chi connectivity index (χ3v) is 5.49. The Bertz CT molecular complexity index is 860. The fourth-order valence-electron chi connectivity index (χ4n) is 3.27. The number of benzene rings is 1. The molecule has 8 heteroatoms. The van der Waals surface area contributed by atoms with Gasteiger partial charge < -0.3 is 29.3 Å². The first-order valence-electron chi connectivity index (χ1n) is 9.51. The minimum Gasteiger partial charge on any atom is -0.497 e. The minimum atomic E-state index is 0.553. The van der Waals surface area contributed by atoms with E-state index in [0.717, 1.165) is 60.3 Å². The number of thiocarbonyl (C=S) groups is 1. The molecule has 0 atom stereocenters. The van der Waals surface area contributed by atoms with Crippen LogP contribution in [0.5, 0.6) is 17.4 Å². The van der Waals surface area contributed by atoms with Crippen LogP contribution in [0.2, 0.25) is 0 Å². The molecule has 1 aromatic carbocycles. The highest BCUT2D eigenvalue weighted by Gasteiger charge is 2.21. The fraction of sp³-hybridized carbons (Fsp3) is 0.429. The lowest BCUT2D eigenvalue weighted by molar-refractivity contribution is 0.383. The molecule has 0 spiro atoms. The van der Waals surface area contributed by atoms with Crippen LogP contribution in [0.1, 0.15) is 11.3 Å². The summed E-state index contributed by atoms with van der Waals surface area (Å²) in [5.41, 5.74) is 3.91. The Labute approximate surface area is 177 Å². The van der Waals surface area contributed by atoms with Crippen molar-refractivity contribution in [3.8, 4) is 17.4 Å². The van der Waals surface area contributed by atoms with E-state index in [4.69, 9.17) is 26.4 Å². The van der Waals surface area contributed by atoms with Gasteiger partial charge in [0.1, 0.15) is 17.2 Å². The van der Waals surface area contributed by atoms with Gasteiger partial charge >= 0.3 is 0 Å². The second kappa shape index (κ2) is 9.17. The summed E-state index contributed by atoms with van der Waals surface area (Å²) in [6.07, 6.45) is 0. The lowest BCUT2D eigenvalue weighted by atomic mass is 10.2. The molecule has 7 nitrogen and oxygen atoms in total. The molecule has 156 valence electrons. The molecule has 1 aliphatic rings. The number of aryl methyl sites for hydroxylation is 2. The maximum Gasteiger partial charge on any atom is 0.237 e. The SMILES string of the molecule is COc1cc(OC)cc(N2CCN(C(=S)Nc3cc(C)c(C)nc3OC)CC2)c1. The zero-order valence-corrected chi connectivity index (χ0v) is 18.4. The normalized spacial score (nSPS) is 13.8. The van der Waals surface area contributed by atoms with Gasteiger partial charge in [0.15, 0.2) is 5.11 Å². The van der Waals surface area contributed by atoms with E-state index in [0.29, 0.717) is 11.0 Å². The lowest BCUT2D eigenvalue weighted by Gasteiger charge is -2.37. The summed E-state index contributed by atoms with van der Waals surface area (Å²) in [4.78, 5) is 8.95. The summed E-state index contributed by atoms with van der Waals surface area (Å²) in [6.45, 7) is 7.31. The second-order valence-electron chi connectivity index (χ2n) is 6.92. The van der Waals surface area contributed by atoms with Crippen LogP contribution in [-0.4, -0.2) is 62.5 Å². The number of hydrogen-bond acceptors (Lipinski definition) is 6. The molecule has 1 aliphatic heterocycles. The molecule has 0 bridgehead atoms. The van der Waals surface area contributed by atoms with Crippen LogP contribution in [0.25, 0.3) is 0 Å².